The van der Waals surface area contributed by atoms with Crippen LogP contribution in [0.2, 0.25) is 0 Å². The zero-order chi connectivity index (χ0) is 14.5. The standard InChI is InChI=1S/C17H27NS2/c1-5-18-16(17-14(4)19-9-10-20-17)11-15-12(2)7-6-8-13(15)3/h6-8,14,16-18H,5,9-11H2,1-4H3. The summed E-state index contributed by atoms with van der Waals surface area (Å²) in [6.45, 7) is 10.2. The molecule has 1 saturated heterocycles. The highest BCUT2D eigenvalue weighted by Crippen LogP contribution is 2.34. The molecular weight excluding hydrogens is 282 g/mol. The van der Waals surface area contributed by atoms with Crippen LogP contribution >= 0.6 is 23.5 Å². The Morgan fingerprint density at radius 3 is 2.45 bits per heavy atom. The molecule has 20 heavy (non-hydrogen) atoms. The van der Waals surface area contributed by atoms with Crippen molar-refractivity contribution in [1.29, 1.82) is 0 Å². The van der Waals surface area contributed by atoms with Crippen LogP contribution in [0, 0.1) is 13.8 Å². The van der Waals surface area contributed by atoms with Crippen molar-refractivity contribution in [2.24, 2.45) is 0 Å². The van der Waals surface area contributed by atoms with Gasteiger partial charge in [-0.15, -0.1) is 0 Å². The second kappa shape index (κ2) is 7.77. The van der Waals surface area contributed by atoms with Gasteiger partial charge in [-0.2, -0.15) is 23.5 Å². The van der Waals surface area contributed by atoms with Crippen LogP contribution in [0.5, 0.6) is 0 Å². The van der Waals surface area contributed by atoms with E-state index in [-0.39, 0.29) is 0 Å². The van der Waals surface area contributed by atoms with E-state index >= 15 is 0 Å². The number of hydrogen-bond donors (Lipinski definition) is 1. The number of aryl methyl sites for hydroxylation is 2. The summed E-state index contributed by atoms with van der Waals surface area (Å²) in [5, 5.41) is 5.23. The highest BCUT2D eigenvalue weighted by atomic mass is 32.2. The van der Waals surface area contributed by atoms with Gasteiger partial charge in [0.2, 0.25) is 0 Å². The number of hydrogen-bond acceptors (Lipinski definition) is 3. The van der Waals surface area contributed by atoms with Crippen molar-refractivity contribution >= 4 is 23.5 Å². The number of thioether (sulfide) groups is 2. The molecule has 1 aliphatic heterocycles. The highest BCUT2D eigenvalue weighted by Gasteiger charge is 2.30. The molecule has 1 aliphatic rings. The van der Waals surface area contributed by atoms with E-state index in [1.807, 2.05) is 0 Å². The molecule has 112 valence electrons. The quantitative estimate of drug-likeness (QED) is 0.881. The molecule has 1 N–H and O–H groups in total. The van der Waals surface area contributed by atoms with E-state index in [0.717, 1.165) is 23.5 Å². The van der Waals surface area contributed by atoms with Gasteiger partial charge in [0, 0.05) is 28.0 Å². The summed E-state index contributed by atoms with van der Waals surface area (Å²) in [4.78, 5) is 0. The summed E-state index contributed by atoms with van der Waals surface area (Å²) >= 11 is 4.31. The topological polar surface area (TPSA) is 12.0 Å². The molecule has 0 spiro atoms. The maximum absolute atomic E-state index is 3.75. The van der Waals surface area contributed by atoms with Crippen molar-refractivity contribution in [3.05, 3.63) is 34.9 Å². The van der Waals surface area contributed by atoms with Crippen LogP contribution < -0.4 is 5.32 Å². The van der Waals surface area contributed by atoms with Gasteiger partial charge in [0.05, 0.1) is 0 Å². The molecule has 1 heterocycles. The lowest BCUT2D eigenvalue weighted by Gasteiger charge is -2.35. The fraction of sp³-hybridized carbons (Fsp3) is 0.647. The number of likely N-dealkylation sites (N-methyl/N-ethyl adjacent to an activating group) is 1. The summed E-state index contributed by atoms with van der Waals surface area (Å²) in [7, 11) is 0. The molecule has 1 aromatic rings. The number of nitrogens with one attached hydrogen (secondary N) is 1. The highest BCUT2D eigenvalue weighted by molar-refractivity contribution is 8.07. The molecule has 1 aromatic carbocycles. The fourth-order valence-corrected chi connectivity index (χ4v) is 6.01. The van der Waals surface area contributed by atoms with E-state index in [0.29, 0.717) is 6.04 Å². The molecule has 2 rings (SSSR count). The lowest BCUT2D eigenvalue weighted by Crippen LogP contribution is -2.45. The molecule has 0 aromatic heterocycles. The normalized spacial score (nSPS) is 24.6. The smallest absolute Gasteiger partial charge is 0.0320 e. The number of benzene rings is 1. The van der Waals surface area contributed by atoms with Crippen LogP contribution in [0.3, 0.4) is 0 Å². The summed E-state index contributed by atoms with van der Waals surface area (Å²) in [5.41, 5.74) is 4.42. The van der Waals surface area contributed by atoms with Crippen LogP contribution in [0.1, 0.15) is 30.5 Å². The predicted molar refractivity (Wildman–Crippen MR) is 95.3 cm³/mol. The monoisotopic (exact) mass is 309 g/mol. The molecule has 3 unspecified atom stereocenters. The maximum atomic E-state index is 3.75. The van der Waals surface area contributed by atoms with Crippen molar-refractivity contribution in [1.82, 2.24) is 5.32 Å². The van der Waals surface area contributed by atoms with Crippen molar-refractivity contribution in [3.63, 3.8) is 0 Å². The molecule has 0 radical (unpaired) electrons. The fourth-order valence-electron chi connectivity index (χ4n) is 3.05. The Balaban J connectivity index is 2.16. The number of rotatable bonds is 5. The lowest BCUT2D eigenvalue weighted by atomic mass is 9.94. The van der Waals surface area contributed by atoms with Crippen LogP contribution in [-0.2, 0) is 6.42 Å². The van der Waals surface area contributed by atoms with E-state index < -0.39 is 0 Å². The Morgan fingerprint density at radius 1 is 1.20 bits per heavy atom. The van der Waals surface area contributed by atoms with Crippen LogP contribution in [0.4, 0.5) is 0 Å². The summed E-state index contributed by atoms with van der Waals surface area (Å²) in [6, 6.07) is 7.26. The van der Waals surface area contributed by atoms with Crippen molar-refractivity contribution in [3.8, 4) is 0 Å². The second-order valence-corrected chi connectivity index (χ2v) is 8.42. The molecule has 1 nitrogen and oxygen atoms in total. The van der Waals surface area contributed by atoms with Crippen LogP contribution in [0.15, 0.2) is 18.2 Å². The van der Waals surface area contributed by atoms with Gasteiger partial charge in [0.15, 0.2) is 0 Å². The molecule has 0 bridgehead atoms. The van der Waals surface area contributed by atoms with Crippen molar-refractivity contribution in [2.75, 3.05) is 18.1 Å². The predicted octanol–water partition coefficient (Wildman–Crippen LogP) is 4.06. The Labute approximate surface area is 132 Å². The van der Waals surface area contributed by atoms with Crippen LogP contribution in [0.25, 0.3) is 0 Å². The summed E-state index contributed by atoms with van der Waals surface area (Å²) < 4.78 is 0. The Morgan fingerprint density at radius 2 is 1.85 bits per heavy atom. The zero-order valence-electron chi connectivity index (χ0n) is 13.1. The average molecular weight is 310 g/mol. The van der Waals surface area contributed by atoms with Crippen molar-refractivity contribution in [2.45, 2.75) is 50.7 Å². The average Bonchev–Trinajstić information content (AvgIpc) is 2.43. The van der Waals surface area contributed by atoms with Gasteiger partial charge in [-0.05, 0) is 43.5 Å². The van der Waals surface area contributed by atoms with Gasteiger partial charge in [0.25, 0.3) is 0 Å². The third-order valence-corrected chi connectivity index (χ3v) is 7.42. The molecule has 0 saturated carbocycles. The molecule has 3 heteroatoms. The molecule has 0 aliphatic carbocycles. The summed E-state index contributed by atoms with van der Waals surface area (Å²) in [5.74, 6) is 2.61. The molecular formula is C17H27NS2. The Bertz CT molecular complexity index is 413. The Hall–Kier alpha value is -0.120. The zero-order valence-corrected chi connectivity index (χ0v) is 14.7. The van der Waals surface area contributed by atoms with Gasteiger partial charge < -0.3 is 5.32 Å². The van der Waals surface area contributed by atoms with Crippen LogP contribution in [-0.4, -0.2) is 34.6 Å². The lowest BCUT2D eigenvalue weighted by molar-refractivity contribution is 0.499. The minimum Gasteiger partial charge on any atom is -0.313 e. The molecule has 1 fully saturated rings. The minimum atomic E-state index is 0.590. The SMILES string of the molecule is CCNC(Cc1c(C)cccc1C)C1SCCSC1C. The van der Waals surface area contributed by atoms with E-state index in [1.54, 1.807) is 5.56 Å². The second-order valence-electron chi connectivity index (χ2n) is 5.65. The maximum Gasteiger partial charge on any atom is 0.0320 e. The third kappa shape index (κ3) is 3.96. The van der Waals surface area contributed by atoms with Gasteiger partial charge in [0.1, 0.15) is 0 Å². The first-order valence-corrected chi connectivity index (χ1v) is 9.75. The molecule has 3 atom stereocenters. The van der Waals surface area contributed by atoms with Crippen molar-refractivity contribution < 1.29 is 0 Å². The molecule has 0 amide bonds. The van der Waals surface area contributed by atoms with E-state index in [9.17, 15) is 0 Å². The van der Waals surface area contributed by atoms with Gasteiger partial charge in [-0.3, -0.25) is 0 Å². The minimum absolute atomic E-state index is 0.590. The summed E-state index contributed by atoms with van der Waals surface area (Å²) in [6.07, 6.45) is 1.16. The van der Waals surface area contributed by atoms with E-state index in [2.05, 4.69) is 74.7 Å². The first kappa shape index (κ1) is 16.3. The third-order valence-electron chi connectivity index (χ3n) is 4.17. The largest absolute Gasteiger partial charge is 0.313 e. The van der Waals surface area contributed by atoms with E-state index in [4.69, 9.17) is 0 Å². The van der Waals surface area contributed by atoms with Gasteiger partial charge in [-0.1, -0.05) is 32.0 Å². The Kier molecular flexibility index (Phi) is 6.31. The first-order valence-electron chi connectivity index (χ1n) is 7.65. The van der Waals surface area contributed by atoms with Gasteiger partial charge in [-0.25, -0.2) is 0 Å². The van der Waals surface area contributed by atoms with E-state index in [1.165, 1.54) is 22.6 Å². The first-order chi connectivity index (χ1) is 9.63. The van der Waals surface area contributed by atoms with Gasteiger partial charge >= 0.3 is 0 Å².